The predicted octanol–water partition coefficient (Wildman–Crippen LogP) is 3.51. The summed E-state index contributed by atoms with van der Waals surface area (Å²) in [5.74, 6) is 0.0966. The number of esters is 1. The Balaban J connectivity index is 2.53. The van der Waals surface area contributed by atoms with E-state index in [1.807, 2.05) is 13.0 Å². The molecule has 0 aromatic heterocycles. The van der Waals surface area contributed by atoms with Crippen LogP contribution in [0.1, 0.15) is 19.8 Å². The predicted molar refractivity (Wildman–Crippen MR) is 60.9 cm³/mol. The number of hydrogen-bond acceptors (Lipinski definition) is 2. The van der Waals surface area contributed by atoms with Gasteiger partial charge in [-0.15, -0.1) is 0 Å². The van der Waals surface area contributed by atoms with Gasteiger partial charge in [0.1, 0.15) is 5.75 Å². The van der Waals surface area contributed by atoms with Gasteiger partial charge in [-0.25, -0.2) is 4.79 Å². The summed E-state index contributed by atoms with van der Waals surface area (Å²) < 4.78 is 5.03. The maximum absolute atomic E-state index is 11.3. The van der Waals surface area contributed by atoms with Crippen molar-refractivity contribution in [3.8, 4) is 5.75 Å². The first-order valence-electron chi connectivity index (χ1n) is 4.85. The van der Waals surface area contributed by atoms with Crippen LogP contribution >= 0.6 is 11.6 Å². The molecule has 1 aromatic carbocycles. The Labute approximate surface area is 94.5 Å². The molecule has 0 fully saturated rings. The molecule has 0 aliphatic carbocycles. The number of allylic oxidation sites excluding steroid dienone is 1. The van der Waals surface area contributed by atoms with Crippen LogP contribution in [0.15, 0.2) is 41.4 Å². The smallest absolute Gasteiger partial charge is 0.337 e. The molecule has 0 bridgehead atoms. The van der Waals surface area contributed by atoms with Gasteiger partial charge in [0, 0.05) is 11.1 Å². The van der Waals surface area contributed by atoms with Crippen LogP contribution in [0.5, 0.6) is 5.75 Å². The number of carbonyl (C=O) groups excluding carboxylic acids is 1. The maximum Gasteiger partial charge on any atom is 0.337 e. The molecule has 0 unspecified atom stereocenters. The molecule has 0 heterocycles. The molecule has 1 aromatic rings. The first-order valence-corrected chi connectivity index (χ1v) is 5.23. The minimum atomic E-state index is -0.431. The summed E-state index contributed by atoms with van der Waals surface area (Å²) in [6.07, 6.45) is 2.93. The van der Waals surface area contributed by atoms with Gasteiger partial charge in [0.15, 0.2) is 0 Å². The molecule has 1 rings (SSSR count). The van der Waals surface area contributed by atoms with Crippen molar-refractivity contribution >= 4 is 17.6 Å². The van der Waals surface area contributed by atoms with Gasteiger partial charge in [0.2, 0.25) is 0 Å². The molecule has 2 nitrogen and oxygen atoms in total. The standard InChI is InChI=1S/C12H13ClO2/c1-2-6-10(13)9-12(14)15-11-7-4-3-5-8-11/h3-5,7-9H,2,6H2,1H3. The van der Waals surface area contributed by atoms with Crippen LogP contribution in [0, 0.1) is 0 Å². The van der Waals surface area contributed by atoms with E-state index in [1.165, 1.54) is 6.08 Å². The topological polar surface area (TPSA) is 26.3 Å². The van der Waals surface area contributed by atoms with Crippen LogP contribution in [0.25, 0.3) is 0 Å². The third-order valence-electron chi connectivity index (χ3n) is 1.72. The van der Waals surface area contributed by atoms with Crippen LogP contribution in [-0.2, 0) is 4.79 Å². The van der Waals surface area contributed by atoms with Crippen molar-refractivity contribution in [2.75, 3.05) is 0 Å². The molecule has 0 saturated heterocycles. The zero-order valence-electron chi connectivity index (χ0n) is 8.57. The number of para-hydroxylation sites is 1. The van der Waals surface area contributed by atoms with Crippen molar-refractivity contribution in [3.63, 3.8) is 0 Å². The molecule has 0 atom stereocenters. The van der Waals surface area contributed by atoms with Crippen molar-refractivity contribution in [1.29, 1.82) is 0 Å². The van der Waals surface area contributed by atoms with Gasteiger partial charge >= 0.3 is 5.97 Å². The Kier molecular flexibility index (Phi) is 4.91. The number of rotatable bonds is 4. The number of benzene rings is 1. The van der Waals surface area contributed by atoms with Crippen LogP contribution < -0.4 is 4.74 Å². The van der Waals surface area contributed by atoms with Crippen molar-refractivity contribution in [3.05, 3.63) is 41.4 Å². The minimum Gasteiger partial charge on any atom is -0.423 e. The van der Waals surface area contributed by atoms with E-state index in [1.54, 1.807) is 24.3 Å². The van der Waals surface area contributed by atoms with E-state index >= 15 is 0 Å². The summed E-state index contributed by atoms with van der Waals surface area (Å²) in [6, 6.07) is 8.91. The van der Waals surface area contributed by atoms with Crippen molar-refractivity contribution < 1.29 is 9.53 Å². The molecule has 0 amide bonds. The largest absolute Gasteiger partial charge is 0.423 e. The Bertz CT molecular complexity index is 344. The third-order valence-corrected chi connectivity index (χ3v) is 2.02. The van der Waals surface area contributed by atoms with Crippen molar-refractivity contribution in [2.45, 2.75) is 19.8 Å². The lowest BCUT2D eigenvalue weighted by Crippen LogP contribution is -2.04. The van der Waals surface area contributed by atoms with E-state index in [0.29, 0.717) is 17.2 Å². The highest BCUT2D eigenvalue weighted by molar-refractivity contribution is 6.30. The van der Waals surface area contributed by atoms with Gasteiger partial charge in [-0.05, 0) is 18.6 Å². The average molecular weight is 225 g/mol. The Morgan fingerprint density at radius 1 is 1.40 bits per heavy atom. The lowest BCUT2D eigenvalue weighted by atomic mass is 10.3. The maximum atomic E-state index is 11.3. The van der Waals surface area contributed by atoms with E-state index in [2.05, 4.69) is 0 Å². The zero-order chi connectivity index (χ0) is 11.1. The van der Waals surface area contributed by atoms with E-state index in [0.717, 1.165) is 6.42 Å². The van der Waals surface area contributed by atoms with Crippen molar-refractivity contribution in [1.82, 2.24) is 0 Å². The second kappa shape index (κ2) is 6.25. The van der Waals surface area contributed by atoms with Crippen LogP contribution in [0.4, 0.5) is 0 Å². The molecule has 15 heavy (non-hydrogen) atoms. The van der Waals surface area contributed by atoms with E-state index < -0.39 is 5.97 Å². The van der Waals surface area contributed by atoms with Crippen LogP contribution in [0.2, 0.25) is 0 Å². The van der Waals surface area contributed by atoms with E-state index in [-0.39, 0.29) is 0 Å². The molecular weight excluding hydrogens is 212 g/mol. The van der Waals surface area contributed by atoms with Gasteiger partial charge in [0.25, 0.3) is 0 Å². The van der Waals surface area contributed by atoms with Gasteiger partial charge < -0.3 is 4.74 Å². The molecule has 0 aliphatic rings. The van der Waals surface area contributed by atoms with Gasteiger partial charge in [-0.3, -0.25) is 0 Å². The summed E-state index contributed by atoms with van der Waals surface area (Å²) in [5, 5.41) is 0.526. The third kappa shape index (κ3) is 4.66. The molecule has 0 radical (unpaired) electrons. The second-order valence-corrected chi connectivity index (χ2v) is 3.56. The quantitative estimate of drug-likeness (QED) is 0.444. The summed E-state index contributed by atoms with van der Waals surface area (Å²) in [5.41, 5.74) is 0. The van der Waals surface area contributed by atoms with Crippen LogP contribution in [0.3, 0.4) is 0 Å². The number of hydrogen-bond donors (Lipinski definition) is 0. The highest BCUT2D eigenvalue weighted by Gasteiger charge is 2.01. The lowest BCUT2D eigenvalue weighted by Gasteiger charge is -2.00. The lowest BCUT2D eigenvalue weighted by molar-refractivity contribution is -0.129. The summed E-state index contributed by atoms with van der Waals surface area (Å²) in [6.45, 7) is 2.00. The Morgan fingerprint density at radius 2 is 2.07 bits per heavy atom. The van der Waals surface area contributed by atoms with Crippen LogP contribution in [-0.4, -0.2) is 5.97 Å². The Morgan fingerprint density at radius 3 is 2.67 bits per heavy atom. The summed E-state index contributed by atoms with van der Waals surface area (Å²) in [4.78, 5) is 11.3. The monoisotopic (exact) mass is 224 g/mol. The van der Waals surface area contributed by atoms with Gasteiger partial charge in [-0.1, -0.05) is 43.1 Å². The van der Waals surface area contributed by atoms with E-state index in [9.17, 15) is 4.79 Å². The normalized spacial score (nSPS) is 11.2. The number of carbonyl (C=O) groups is 1. The fourth-order valence-corrected chi connectivity index (χ4v) is 1.35. The SMILES string of the molecule is CCCC(Cl)=CC(=O)Oc1ccccc1. The van der Waals surface area contributed by atoms with Gasteiger partial charge in [0.05, 0.1) is 0 Å². The second-order valence-electron chi connectivity index (χ2n) is 3.08. The summed E-state index contributed by atoms with van der Waals surface area (Å²) in [7, 11) is 0. The number of halogens is 1. The molecular formula is C12H13ClO2. The Hall–Kier alpha value is -1.28. The minimum absolute atomic E-state index is 0.431. The molecule has 80 valence electrons. The number of ether oxygens (including phenoxy) is 1. The molecule has 0 spiro atoms. The summed E-state index contributed by atoms with van der Waals surface area (Å²) >= 11 is 5.80. The molecule has 0 aliphatic heterocycles. The zero-order valence-corrected chi connectivity index (χ0v) is 9.33. The van der Waals surface area contributed by atoms with Gasteiger partial charge in [-0.2, -0.15) is 0 Å². The average Bonchev–Trinajstić information content (AvgIpc) is 2.19. The molecule has 0 saturated carbocycles. The van der Waals surface area contributed by atoms with Crippen molar-refractivity contribution in [2.24, 2.45) is 0 Å². The fourth-order valence-electron chi connectivity index (χ4n) is 1.07. The fraction of sp³-hybridized carbons (Fsp3) is 0.250. The highest BCUT2D eigenvalue weighted by Crippen LogP contribution is 2.12. The first-order chi connectivity index (χ1) is 7.22. The molecule has 0 N–H and O–H groups in total. The first kappa shape index (κ1) is 11.8. The van der Waals surface area contributed by atoms with E-state index in [4.69, 9.17) is 16.3 Å². The highest BCUT2D eigenvalue weighted by atomic mass is 35.5. The molecule has 3 heteroatoms.